The Morgan fingerprint density at radius 1 is 1.28 bits per heavy atom. The van der Waals surface area contributed by atoms with E-state index in [1.54, 1.807) is 31.2 Å². The van der Waals surface area contributed by atoms with E-state index in [4.69, 9.17) is 16.0 Å². The number of nitrogens with zero attached hydrogens (tertiary/aromatic N) is 1. The Bertz CT molecular complexity index is 559. The summed E-state index contributed by atoms with van der Waals surface area (Å²) in [5.41, 5.74) is 3.99. The Morgan fingerprint density at radius 2 is 2.00 bits per heavy atom. The van der Waals surface area contributed by atoms with Crippen molar-refractivity contribution in [3.05, 3.63) is 59.0 Å². The maximum atomic E-state index is 11.6. The zero-order valence-corrected chi connectivity index (χ0v) is 10.4. The van der Waals surface area contributed by atoms with Crippen LogP contribution in [0, 0.1) is 0 Å². The first-order valence-electron chi connectivity index (χ1n) is 5.31. The molecule has 92 valence electrons. The third kappa shape index (κ3) is 2.99. The Balaban J connectivity index is 2.05. The number of furan rings is 1. The van der Waals surface area contributed by atoms with E-state index < -0.39 is 0 Å². The van der Waals surface area contributed by atoms with Crippen LogP contribution >= 0.6 is 11.6 Å². The number of amides is 1. The van der Waals surface area contributed by atoms with E-state index in [-0.39, 0.29) is 11.7 Å². The number of rotatable bonds is 3. The van der Waals surface area contributed by atoms with E-state index in [0.29, 0.717) is 10.7 Å². The second kappa shape index (κ2) is 5.51. The van der Waals surface area contributed by atoms with Crippen molar-refractivity contribution >= 4 is 23.2 Å². The van der Waals surface area contributed by atoms with Crippen LogP contribution in [0.3, 0.4) is 0 Å². The van der Waals surface area contributed by atoms with Gasteiger partial charge in [0.05, 0.1) is 12.0 Å². The molecule has 0 atom stereocenters. The van der Waals surface area contributed by atoms with Crippen LogP contribution in [0.15, 0.2) is 52.2 Å². The Hall–Kier alpha value is -2.07. The summed E-state index contributed by atoms with van der Waals surface area (Å²) in [6.07, 6.45) is 1.44. The van der Waals surface area contributed by atoms with Crippen molar-refractivity contribution in [2.45, 2.75) is 6.92 Å². The molecule has 0 unspecified atom stereocenters. The van der Waals surface area contributed by atoms with Crippen molar-refractivity contribution in [2.24, 2.45) is 5.10 Å². The van der Waals surface area contributed by atoms with Gasteiger partial charge in [-0.2, -0.15) is 5.10 Å². The fraction of sp³-hybridized carbons (Fsp3) is 0.0769. The van der Waals surface area contributed by atoms with Gasteiger partial charge in [0.25, 0.3) is 0 Å². The van der Waals surface area contributed by atoms with Crippen LogP contribution in [0.1, 0.15) is 23.0 Å². The summed E-state index contributed by atoms with van der Waals surface area (Å²) >= 11 is 5.79. The van der Waals surface area contributed by atoms with Crippen molar-refractivity contribution in [2.75, 3.05) is 0 Å². The minimum Gasteiger partial charge on any atom is -0.459 e. The van der Waals surface area contributed by atoms with E-state index in [1.807, 2.05) is 12.1 Å². The minimum atomic E-state index is -0.381. The standard InChI is InChI=1S/C13H11ClN2O2/c1-9(10-4-6-11(14)7-5-10)15-16-13(17)12-3-2-8-18-12/h2-8H,1H3,(H,16,17)/b15-9-. The molecule has 1 heterocycles. The molecule has 1 aromatic carbocycles. The Kier molecular flexibility index (Phi) is 3.79. The SMILES string of the molecule is C/C(=N/NC(=O)c1ccco1)c1ccc(Cl)cc1. The molecule has 0 spiro atoms. The van der Waals surface area contributed by atoms with Crippen LogP contribution in [0.5, 0.6) is 0 Å². The molecule has 0 fully saturated rings. The molecule has 5 heteroatoms. The number of hydrogen-bond acceptors (Lipinski definition) is 3. The van der Waals surface area contributed by atoms with E-state index in [0.717, 1.165) is 5.56 Å². The van der Waals surface area contributed by atoms with Crippen LogP contribution in [-0.2, 0) is 0 Å². The molecule has 2 rings (SSSR count). The van der Waals surface area contributed by atoms with Crippen molar-refractivity contribution < 1.29 is 9.21 Å². The van der Waals surface area contributed by atoms with E-state index in [9.17, 15) is 4.79 Å². The number of nitrogens with one attached hydrogen (secondary N) is 1. The van der Waals surface area contributed by atoms with E-state index in [2.05, 4.69) is 10.5 Å². The number of hydrogen-bond donors (Lipinski definition) is 1. The van der Waals surface area contributed by atoms with Crippen LogP contribution in [0.25, 0.3) is 0 Å². The highest BCUT2D eigenvalue weighted by Crippen LogP contribution is 2.10. The average Bonchev–Trinajstić information content (AvgIpc) is 2.90. The summed E-state index contributed by atoms with van der Waals surface area (Å²) in [4.78, 5) is 11.6. The fourth-order valence-electron chi connectivity index (χ4n) is 1.35. The molecule has 0 bridgehead atoms. The van der Waals surface area contributed by atoms with Gasteiger partial charge in [-0.25, -0.2) is 5.43 Å². The number of carbonyl (C=O) groups is 1. The number of carbonyl (C=O) groups excluding carboxylic acids is 1. The molecule has 18 heavy (non-hydrogen) atoms. The summed E-state index contributed by atoms with van der Waals surface area (Å²) in [6, 6.07) is 10.4. The zero-order chi connectivity index (χ0) is 13.0. The maximum Gasteiger partial charge on any atom is 0.307 e. The lowest BCUT2D eigenvalue weighted by molar-refractivity contribution is 0.0927. The quantitative estimate of drug-likeness (QED) is 0.683. The molecular formula is C13H11ClN2O2. The first kappa shape index (κ1) is 12.4. The predicted octanol–water partition coefficient (Wildman–Crippen LogP) is 3.09. The number of hydrazone groups is 1. The molecule has 1 N–H and O–H groups in total. The van der Waals surface area contributed by atoms with Crippen LogP contribution in [0.4, 0.5) is 0 Å². The summed E-state index contributed by atoms with van der Waals surface area (Å²) in [6.45, 7) is 1.80. The van der Waals surface area contributed by atoms with Gasteiger partial charge >= 0.3 is 5.91 Å². The van der Waals surface area contributed by atoms with Gasteiger partial charge in [0.1, 0.15) is 0 Å². The van der Waals surface area contributed by atoms with Crippen molar-refractivity contribution in [1.29, 1.82) is 0 Å². The van der Waals surface area contributed by atoms with Crippen LogP contribution in [-0.4, -0.2) is 11.6 Å². The molecule has 0 radical (unpaired) electrons. The first-order chi connectivity index (χ1) is 8.66. The molecule has 0 aliphatic carbocycles. The van der Waals surface area contributed by atoms with Gasteiger partial charge in [-0.3, -0.25) is 4.79 Å². The third-order valence-corrected chi connectivity index (χ3v) is 2.58. The first-order valence-corrected chi connectivity index (χ1v) is 5.68. The Morgan fingerprint density at radius 3 is 2.61 bits per heavy atom. The van der Waals surface area contributed by atoms with E-state index >= 15 is 0 Å². The highest BCUT2D eigenvalue weighted by atomic mass is 35.5. The monoisotopic (exact) mass is 262 g/mol. The average molecular weight is 263 g/mol. The number of benzene rings is 1. The van der Waals surface area contributed by atoms with E-state index in [1.165, 1.54) is 6.26 Å². The normalized spacial score (nSPS) is 11.3. The number of halogens is 1. The highest BCUT2D eigenvalue weighted by molar-refractivity contribution is 6.30. The minimum absolute atomic E-state index is 0.225. The summed E-state index contributed by atoms with van der Waals surface area (Å²) < 4.78 is 4.95. The van der Waals surface area contributed by atoms with Crippen LogP contribution < -0.4 is 5.43 Å². The molecule has 1 amide bonds. The van der Waals surface area contributed by atoms with Gasteiger partial charge in [0.2, 0.25) is 0 Å². The molecular weight excluding hydrogens is 252 g/mol. The molecule has 2 aromatic rings. The third-order valence-electron chi connectivity index (χ3n) is 2.33. The van der Waals surface area contributed by atoms with Gasteiger partial charge in [-0.05, 0) is 36.8 Å². The second-order valence-corrected chi connectivity index (χ2v) is 4.06. The molecule has 0 aliphatic heterocycles. The van der Waals surface area contributed by atoms with Crippen molar-refractivity contribution in [1.82, 2.24) is 5.43 Å². The second-order valence-electron chi connectivity index (χ2n) is 3.62. The summed E-state index contributed by atoms with van der Waals surface area (Å²) in [7, 11) is 0. The van der Waals surface area contributed by atoms with Gasteiger partial charge in [0.15, 0.2) is 5.76 Å². The fourth-order valence-corrected chi connectivity index (χ4v) is 1.48. The lowest BCUT2D eigenvalue weighted by atomic mass is 10.1. The zero-order valence-electron chi connectivity index (χ0n) is 9.68. The van der Waals surface area contributed by atoms with Gasteiger partial charge < -0.3 is 4.42 Å². The molecule has 0 saturated carbocycles. The van der Waals surface area contributed by atoms with Gasteiger partial charge in [-0.15, -0.1) is 0 Å². The van der Waals surface area contributed by atoms with Crippen molar-refractivity contribution in [3.63, 3.8) is 0 Å². The molecule has 4 nitrogen and oxygen atoms in total. The predicted molar refractivity (Wildman–Crippen MR) is 69.8 cm³/mol. The van der Waals surface area contributed by atoms with Gasteiger partial charge in [-0.1, -0.05) is 23.7 Å². The Labute approximate surface area is 109 Å². The lowest BCUT2D eigenvalue weighted by Gasteiger charge is -2.01. The molecule has 0 aliphatic rings. The largest absolute Gasteiger partial charge is 0.459 e. The van der Waals surface area contributed by atoms with Crippen molar-refractivity contribution in [3.8, 4) is 0 Å². The topological polar surface area (TPSA) is 54.6 Å². The highest BCUT2D eigenvalue weighted by Gasteiger charge is 2.07. The van der Waals surface area contributed by atoms with Gasteiger partial charge in [0, 0.05) is 5.02 Å². The molecule has 1 aromatic heterocycles. The molecule has 0 saturated heterocycles. The van der Waals surface area contributed by atoms with Crippen LogP contribution in [0.2, 0.25) is 5.02 Å². The lowest BCUT2D eigenvalue weighted by Crippen LogP contribution is -2.18. The summed E-state index contributed by atoms with van der Waals surface area (Å²) in [5, 5.41) is 4.65. The smallest absolute Gasteiger partial charge is 0.307 e. The summed E-state index contributed by atoms with van der Waals surface area (Å²) in [5.74, 6) is -0.157. The maximum absolute atomic E-state index is 11.6.